The van der Waals surface area contributed by atoms with E-state index in [1.807, 2.05) is 5.57 Å². The summed E-state index contributed by atoms with van der Waals surface area (Å²) in [5.41, 5.74) is 3.95. The molecule has 0 heterocycles. The van der Waals surface area contributed by atoms with Gasteiger partial charge in [-0.25, -0.2) is 0 Å². The Morgan fingerprint density at radius 3 is 2.73 bits per heavy atom. The van der Waals surface area contributed by atoms with Crippen LogP contribution in [0.15, 0.2) is 23.3 Å². The Balaban J connectivity index is 2.07. The molecule has 0 heteroatoms. The molecule has 2 rings (SSSR count). The van der Waals surface area contributed by atoms with Crippen molar-refractivity contribution in [2.24, 2.45) is 29.1 Å². The summed E-state index contributed by atoms with van der Waals surface area (Å²) in [5.74, 6) is 3.32. The van der Waals surface area contributed by atoms with Crippen molar-refractivity contribution in [1.82, 2.24) is 0 Å². The third-order valence-corrected chi connectivity index (χ3v) is 6.73. The van der Waals surface area contributed by atoms with Crippen molar-refractivity contribution in [2.75, 3.05) is 0 Å². The van der Waals surface area contributed by atoms with E-state index in [1.54, 1.807) is 5.57 Å². The third kappa shape index (κ3) is 3.87. The van der Waals surface area contributed by atoms with Crippen LogP contribution in [0.2, 0.25) is 0 Å². The van der Waals surface area contributed by atoms with Crippen molar-refractivity contribution in [1.29, 1.82) is 0 Å². The highest BCUT2D eigenvalue weighted by atomic mass is 14.5. The lowest BCUT2D eigenvalue weighted by molar-refractivity contribution is 0.0738. The number of fused-ring (bicyclic) bond motifs is 1. The molecule has 2 aliphatic rings. The molecule has 0 saturated heterocycles. The van der Waals surface area contributed by atoms with Crippen LogP contribution < -0.4 is 0 Å². The van der Waals surface area contributed by atoms with Gasteiger partial charge in [0.2, 0.25) is 0 Å². The molecule has 1 saturated carbocycles. The molecule has 0 bridgehead atoms. The van der Waals surface area contributed by atoms with Gasteiger partial charge in [0.05, 0.1) is 0 Å². The molecule has 4 atom stereocenters. The maximum atomic E-state index is 2.61. The fourth-order valence-electron chi connectivity index (χ4n) is 4.71. The minimum Gasteiger partial charge on any atom is -0.0854 e. The van der Waals surface area contributed by atoms with Crippen LogP contribution in [-0.4, -0.2) is 0 Å². The maximum Gasteiger partial charge on any atom is -0.0144 e. The second-order valence-electron chi connectivity index (χ2n) is 8.91. The highest BCUT2D eigenvalue weighted by Gasteiger charge is 2.44. The number of hydrogen-bond donors (Lipinski definition) is 0. The summed E-state index contributed by atoms with van der Waals surface area (Å²) < 4.78 is 0. The van der Waals surface area contributed by atoms with E-state index in [0.717, 1.165) is 23.7 Å². The van der Waals surface area contributed by atoms with E-state index in [4.69, 9.17) is 0 Å². The van der Waals surface area contributed by atoms with E-state index < -0.39 is 0 Å². The summed E-state index contributed by atoms with van der Waals surface area (Å²) in [4.78, 5) is 0. The van der Waals surface area contributed by atoms with Crippen LogP contribution in [0, 0.1) is 29.1 Å². The smallest absolute Gasteiger partial charge is 0.0144 e. The fourth-order valence-corrected chi connectivity index (χ4v) is 4.71. The Kier molecular flexibility index (Phi) is 5.97. The molecule has 0 unspecified atom stereocenters. The second kappa shape index (κ2) is 7.37. The third-order valence-electron chi connectivity index (χ3n) is 6.73. The first-order valence-electron chi connectivity index (χ1n) is 9.70. The van der Waals surface area contributed by atoms with Crippen LogP contribution in [-0.2, 0) is 0 Å². The molecule has 0 aromatic carbocycles. The molecule has 0 amide bonds. The Morgan fingerprint density at radius 1 is 1.32 bits per heavy atom. The predicted octanol–water partition coefficient (Wildman–Crippen LogP) is 7.17. The van der Waals surface area contributed by atoms with E-state index in [0.29, 0.717) is 5.41 Å². The normalized spacial score (nSPS) is 36.2. The summed E-state index contributed by atoms with van der Waals surface area (Å²) >= 11 is 0. The highest BCUT2D eigenvalue weighted by Crippen LogP contribution is 2.54. The van der Waals surface area contributed by atoms with Gasteiger partial charge in [0.25, 0.3) is 0 Å². The van der Waals surface area contributed by atoms with Gasteiger partial charge in [0.1, 0.15) is 0 Å². The summed E-state index contributed by atoms with van der Waals surface area (Å²) in [6, 6.07) is 0. The molecule has 1 fully saturated rings. The zero-order chi connectivity index (χ0) is 16.3. The molecule has 0 aromatic rings. The molecule has 0 spiro atoms. The zero-order valence-electron chi connectivity index (χ0n) is 15.9. The minimum atomic E-state index is 0.520. The average molecular weight is 303 g/mol. The van der Waals surface area contributed by atoms with Gasteiger partial charge in [-0.15, -0.1) is 0 Å². The molecule has 126 valence electrons. The lowest BCUT2D eigenvalue weighted by Crippen LogP contribution is -2.41. The Hall–Kier alpha value is -0.520. The van der Waals surface area contributed by atoms with Gasteiger partial charge in [-0.05, 0) is 74.5 Å². The van der Waals surface area contributed by atoms with Crippen LogP contribution in [0.3, 0.4) is 0 Å². The predicted molar refractivity (Wildman–Crippen MR) is 98.9 cm³/mol. The summed E-state index contributed by atoms with van der Waals surface area (Å²) in [5, 5.41) is 0. The molecular weight excluding hydrogens is 264 g/mol. The lowest BCUT2D eigenvalue weighted by atomic mass is 9.55. The highest BCUT2D eigenvalue weighted by molar-refractivity contribution is 5.21. The molecular formula is C22H38. The van der Waals surface area contributed by atoms with E-state index in [2.05, 4.69) is 53.7 Å². The van der Waals surface area contributed by atoms with Gasteiger partial charge in [0, 0.05) is 0 Å². The van der Waals surface area contributed by atoms with Crippen LogP contribution in [0.5, 0.6) is 0 Å². The Bertz CT molecular complexity index is 425. The largest absolute Gasteiger partial charge is 0.0854 e. The molecule has 0 N–H and O–H groups in total. The van der Waals surface area contributed by atoms with Crippen LogP contribution in [0.1, 0.15) is 86.5 Å². The quantitative estimate of drug-likeness (QED) is 0.472. The molecule has 0 radical (unpaired) electrons. The molecule has 0 aliphatic heterocycles. The molecule has 0 nitrogen and oxygen atoms in total. The van der Waals surface area contributed by atoms with Crippen molar-refractivity contribution in [3.8, 4) is 0 Å². The standard InChI is InChI=1S/C22H38/c1-16(2)10-11-17(3)14-15-22(6)19(5)12-13-20-18(4)8-7-9-21(20)22/h11,13,16,18-19,21H,7-10,12,14-15H2,1-6H3/b17-11+/t18-,19+,21-,22-/m1/s1. The van der Waals surface area contributed by atoms with E-state index in [9.17, 15) is 0 Å². The van der Waals surface area contributed by atoms with Gasteiger partial charge < -0.3 is 0 Å². The molecule has 0 aromatic heterocycles. The van der Waals surface area contributed by atoms with Gasteiger partial charge in [0.15, 0.2) is 0 Å². The first-order valence-corrected chi connectivity index (χ1v) is 9.70. The topological polar surface area (TPSA) is 0 Å². The molecule has 22 heavy (non-hydrogen) atoms. The van der Waals surface area contributed by atoms with Gasteiger partial charge >= 0.3 is 0 Å². The van der Waals surface area contributed by atoms with E-state index in [1.165, 1.54) is 44.9 Å². The van der Waals surface area contributed by atoms with Crippen molar-refractivity contribution in [3.63, 3.8) is 0 Å². The van der Waals surface area contributed by atoms with Crippen molar-refractivity contribution in [3.05, 3.63) is 23.3 Å². The van der Waals surface area contributed by atoms with Gasteiger partial charge in [-0.2, -0.15) is 0 Å². The van der Waals surface area contributed by atoms with Crippen LogP contribution >= 0.6 is 0 Å². The summed E-state index contributed by atoms with van der Waals surface area (Å²) in [6.07, 6.45) is 14.6. The summed E-state index contributed by atoms with van der Waals surface area (Å²) in [6.45, 7) is 14.5. The first kappa shape index (κ1) is 17.8. The number of hydrogen-bond acceptors (Lipinski definition) is 0. The average Bonchev–Trinajstić information content (AvgIpc) is 2.47. The second-order valence-corrected chi connectivity index (χ2v) is 8.91. The minimum absolute atomic E-state index is 0.520. The Labute approximate surface area is 139 Å². The Morgan fingerprint density at radius 2 is 2.05 bits per heavy atom. The monoisotopic (exact) mass is 302 g/mol. The zero-order valence-corrected chi connectivity index (χ0v) is 15.9. The van der Waals surface area contributed by atoms with E-state index in [-0.39, 0.29) is 0 Å². The first-order chi connectivity index (χ1) is 10.3. The number of rotatable bonds is 5. The number of allylic oxidation sites excluding steroid dienone is 4. The van der Waals surface area contributed by atoms with Crippen molar-refractivity contribution in [2.45, 2.75) is 86.5 Å². The summed E-state index contributed by atoms with van der Waals surface area (Å²) in [7, 11) is 0. The lowest BCUT2D eigenvalue weighted by Gasteiger charge is -2.50. The van der Waals surface area contributed by atoms with Crippen LogP contribution in [0.4, 0.5) is 0 Å². The van der Waals surface area contributed by atoms with Crippen LogP contribution in [0.25, 0.3) is 0 Å². The SMILES string of the molecule is C/C(=C\CC(C)C)CC[C@@]1(C)[C@@H]2CCC[C@@H](C)C2=CC[C@@H]1C. The van der Waals surface area contributed by atoms with E-state index >= 15 is 0 Å². The maximum absolute atomic E-state index is 2.61. The van der Waals surface area contributed by atoms with Gasteiger partial charge in [-0.1, -0.05) is 64.3 Å². The van der Waals surface area contributed by atoms with Crippen molar-refractivity contribution < 1.29 is 0 Å². The molecule has 2 aliphatic carbocycles. The van der Waals surface area contributed by atoms with Crippen molar-refractivity contribution >= 4 is 0 Å². The fraction of sp³-hybridized carbons (Fsp3) is 0.818. The van der Waals surface area contributed by atoms with Gasteiger partial charge in [-0.3, -0.25) is 0 Å².